The third-order valence-electron chi connectivity index (χ3n) is 4.26. The van der Waals surface area contributed by atoms with Crippen LogP contribution in [0.2, 0.25) is 0 Å². The van der Waals surface area contributed by atoms with Gasteiger partial charge in [0, 0.05) is 36.2 Å². The molecule has 1 N–H and O–H groups in total. The lowest BCUT2D eigenvalue weighted by Crippen LogP contribution is -2.08. The second kappa shape index (κ2) is 4.88. The lowest BCUT2D eigenvalue weighted by Gasteiger charge is -2.14. The van der Waals surface area contributed by atoms with Gasteiger partial charge in [-0.15, -0.1) is 0 Å². The van der Waals surface area contributed by atoms with Gasteiger partial charge in [0.05, 0.1) is 12.1 Å². The van der Waals surface area contributed by atoms with Crippen LogP contribution in [0.3, 0.4) is 0 Å². The lowest BCUT2D eigenvalue weighted by molar-refractivity contribution is 0.812. The van der Waals surface area contributed by atoms with Crippen molar-refractivity contribution in [1.82, 2.24) is 14.5 Å². The highest BCUT2D eigenvalue weighted by Crippen LogP contribution is 2.34. The molecule has 4 heteroatoms. The second-order valence-corrected chi connectivity index (χ2v) is 5.59. The van der Waals surface area contributed by atoms with E-state index in [4.69, 9.17) is 4.98 Å². The van der Waals surface area contributed by atoms with E-state index in [2.05, 4.69) is 39.1 Å². The number of hydrogen-bond donors (Lipinski definition) is 1. The summed E-state index contributed by atoms with van der Waals surface area (Å²) in [5.41, 5.74) is 4.98. The Balaban J connectivity index is 1.78. The number of benzene rings is 1. The van der Waals surface area contributed by atoms with Crippen LogP contribution in [-0.2, 0) is 26.4 Å². The van der Waals surface area contributed by atoms with Gasteiger partial charge in [-0.2, -0.15) is 0 Å². The maximum Gasteiger partial charge on any atom is 0.127 e. The smallest absolute Gasteiger partial charge is 0.127 e. The zero-order valence-corrected chi connectivity index (χ0v) is 12.1. The number of fused-ring (bicyclic) bond motifs is 2. The molecule has 0 amide bonds. The molecular weight excluding hydrogens is 260 g/mol. The quantitative estimate of drug-likeness (QED) is 0.800. The van der Waals surface area contributed by atoms with Gasteiger partial charge in [0.2, 0.25) is 0 Å². The summed E-state index contributed by atoms with van der Waals surface area (Å²) >= 11 is 0. The van der Waals surface area contributed by atoms with E-state index in [-0.39, 0.29) is 0 Å². The lowest BCUT2D eigenvalue weighted by atomic mass is 10.1. The van der Waals surface area contributed by atoms with Gasteiger partial charge in [-0.1, -0.05) is 18.2 Å². The molecule has 106 valence electrons. The molecule has 1 aliphatic carbocycles. The molecule has 1 aliphatic rings. The number of imidazole rings is 1. The summed E-state index contributed by atoms with van der Waals surface area (Å²) in [4.78, 5) is 9.21. The third-order valence-corrected chi connectivity index (χ3v) is 4.26. The molecule has 0 bridgehead atoms. The predicted molar refractivity (Wildman–Crippen MR) is 84.3 cm³/mol. The van der Waals surface area contributed by atoms with Crippen LogP contribution in [0.4, 0.5) is 5.69 Å². The Labute approximate surface area is 123 Å². The van der Waals surface area contributed by atoms with Gasteiger partial charge in [0.25, 0.3) is 0 Å². The van der Waals surface area contributed by atoms with Gasteiger partial charge in [-0.05, 0) is 30.9 Å². The molecule has 0 atom stereocenters. The Bertz CT molecular complexity index is 804. The zero-order chi connectivity index (χ0) is 14.2. The first-order valence-electron chi connectivity index (χ1n) is 7.43. The van der Waals surface area contributed by atoms with Crippen LogP contribution in [0.5, 0.6) is 0 Å². The largest absolute Gasteiger partial charge is 0.377 e. The fourth-order valence-corrected chi connectivity index (χ4v) is 3.15. The Hall–Kier alpha value is -2.36. The Kier molecular flexibility index (Phi) is 2.88. The molecule has 0 radical (unpaired) electrons. The Morgan fingerprint density at radius 3 is 3.00 bits per heavy atom. The first kappa shape index (κ1) is 12.4. The standard InChI is InChI=1S/C17H18N4/c1-21-10-9-18-16(21)11-19-17-12-5-2-3-7-14(12)20-15-8-4-6-13(15)17/h2-3,5,7,9-10H,4,6,8,11H2,1H3,(H,19,20). The summed E-state index contributed by atoms with van der Waals surface area (Å²) < 4.78 is 2.05. The van der Waals surface area contributed by atoms with Crippen LogP contribution in [0.25, 0.3) is 10.9 Å². The minimum absolute atomic E-state index is 0.740. The number of nitrogens with one attached hydrogen (secondary N) is 1. The van der Waals surface area contributed by atoms with E-state index >= 15 is 0 Å². The van der Waals surface area contributed by atoms with E-state index in [9.17, 15) is 0 Å². The molecule has 21 heavy (non-hydrogen) atoms. The van der Waals surface area contributed by atoms with E-state index in [1.54, 1.807) is 0 Å². The number of para-hydroxylation sites is 1. The van der Waals surface area contributed by atoms with Crippen molar-refractivity contribution >= 4 is 16.6 Å². The molecule has 2 aromatic heterocycles. The van der Waals surface area contributed by atoms with Gasteiger partial charge < -0.3 is 9.88 Å². The fraction of sp³-hybridized carbons (Fsp3) is 0.294. The van der Waals surface area contributed by atoms with Gasteiger partial charge in [-0.25, -0.2) is 4.98 Å². The number of anilines is 1. The summed E-state index contributed by atoms with van der Waals surface area (Å²) in [7, 11) is 2.03. The summed E-state index contributed by atoms with van der Waals surface area (Å²) in [5.74, 6) is 1.04. The number of hydrogen-bond acceptors (Lipinski definition) is 3. The van der Waals surface area contributed by atoms with Crippen molar-refractivity contribution in [3.8, 4) is 0 Å². The van der Waals surface area contributed by atoms with Gasteiger partial charge in [-0.3, -0.25) is 4.98 Å². The van der Waals surface area contributed by atoms with Crippen molar-refractivity contribution < 1.29 is 0 Å². The topological polar surface area (TPSA) is 42.7 Å². The number of pyridine rings is 1. The molecule has 0 spiro atoms. The van der Waals surface area contributed by atoms with Crippen molar-refractivity contribution in [1.29, 1.82) is 0 Å². The van der Waals surface area contributed by atoms with E-state index in [1.165, 1.54) is 28.8 Å². The average Bonchev–Trinajstić information content (AvgIpc) is 3.12. The second-order valence-electron chi connectivity index (χ2n) is 5.59. The molecule has 0 saturated heterocycles. The van der Waals surface area contributed by atoms with Crippen molar-refractivity contribution in [3.05, 3.63) is 53.7 Å². The summed E-state index contributed by atoms with van der Waals surface area (Å²) in [6.45, 7) is 0.740. The first-order valence-corrected chi connectivity index (χ1v) is 7.43. The maximum absolute atomic E-state index is 4.82. The van der Waals surface area contributed by atoms with E-state index < -0.39 is 0 Å². The number of aryl methyl sites for hydroxylation is 2. The van der Waals surface area contributed by atoms with Crippen molar-refractivity contribution in [2.24, 2.45) is 7.05 Å². The highest BCUT2D eigenvalue weighted by molar-refractivity contribution is 5.93. The molecule has 0 aliphatic heterocycles. The Morgan fingerprint density at radius 1 is 1.24 bits per heavy atom. The maximum atomic E-state index is 4.82. The molecule has 0 unspecified atom stereocenters. The minimum atomic E-state index is 0.740. The highest BCUT2D eigenvalue weighted by atomic mass is 15.1. The van der Waals surface area contributed by atoms with Gasteiger partial charge in [0.15, 0.2) is 0 Å². The summed E-state index contributed by atoms with van der Waals surface area (Å²) in [6.07, 6.45) is 7.24. The molecule has 4 nitrogen and oxygen atoms in total. The van der Waals surface area contributed by atoms with Gasteiger partial charge >= 0.3 is 0 Å². The zero-order valence-electron chi connectivity index (χ0n) is 12.1. The summed E-state index contributed by atoms with van der Waals surface area (Å²) in [6, 6.07) is 8.39. The highest BCUT2D eigenvalue weighted by Gasteiger charge is 2.19. The third kappa shape index (κ3) is 2.07. The average molecular weight is 278 g/mol. The van der Waals surface area contributed by atoms with Crippen LogP contribution in [0.1, 0.15) is 23.5 Å². The number of rotatable bonds is 3. The van der Waals surface area contributed by atoms with Crippen LogP contribution in [0, 0.1) is 0 Å². The van der Waals surface area contributed by atoms with Crippen molar-refractivity contribution in [3.63, 3.8) is 0 Å². The SMILES string of the molecule is Cn1ccnc1CNc1c2c(nc3ccccc13)CCC2. The van der Waals surface area contributed by atoms with E-state index in [0.29, 0.717) is 0 Å². The molecule has 1 aromatic carbocycles. The van der Waals surface area contributed by atoms with Crippen LogP contribution >= 0.6 is 0 Å². The molecule has 4 rings (SSSR count). The molecular formula is C17H18N4. The van der Waals surface area contributed by atoms with Crippen LogP contribution in [-0.4, -0.2) is 14.5 Å². The Morgan fingerprint density at radius 2 is 2.14 bits per heavy atom. The number of aromatic nitrogens is 3. The number of nitrogens with zero attached hydrogens (tertiary/aromatic N) is 3. The predicted octanol–water partition coefficient (Wildman–Crippen LogP) is 3.07. The minimum Gasteiger partial charge on any atom is -0.377 e. The first-order chi connectivity index (χ1) is 10.3. The van der Waals surface area contributed by atoms with E-state index in [0.717, 1.165) is 30.7 Å². The van der Waals surface area contributed by atoms with Crippen LogP contribution in [0.15, 0.2) is 36.7 Å². The monoisotopic (exact) mass is 278 g/mol. The van der Waals surface area contributed by atoms with E-state index in [1.807, 2.05) is 19.4 Å². The molecule has 2 heterocycles. The van der Waals surface area contributed by atoms with Gasteiger partial charge in [0.1, 0.15) is 5.82 Å². The summed E-state index contributed by atoms with van der Waals surface area (Å²) in [5, 5.41) is 4.82. The fourth-order valence-electron chi connectivity index (χ4n) is 3.15. The molecule has 0 saturated carbocycles. The normalized spacial score (nSPS) is 13.6. The van der Waals surface area contributed by atoms with Crippen LogP contribution < -0.4 is 5.32 Å². The molecule has 0 fully saturated rings. The molecule has 3 aromatic rings. The van der Waals surface area contributed by atoms with Crippen molar-refractivity contribution in [2.45, 2.75) is 25.8 Å². The van der Waals surface area contributed by atoms with Crippen molar-refractivity contribution in [2.75, 3.05) is 5.32 Å².